The fraction of sp³-hybridized carbons (Fsp3) is 0.500. The lowest BCUT2D eigenvalue weighted by molar-refractivity contribution is -0.123. The van der Waals surface area contributed by atoms with Crippen molar-refractivity contribution in [2.45, 2.75) is 20.0 Å². The molecule has 0 aliphatic heterocycles. The summed E-state index contributed by atoms with van der Waals surface area (Å²) in [5.74, 6) is -0.252. The minimum absolute atomic E-state index is 0.252. The number of hydrogen-bond acceptors (Lipinski definition) is 2. The molecule has 0 unspecified atom stereocenters. The normalized spacial score (nSPS) is 12.9. The summed E-state index contributed by atoms with van der Waals surface area (Å²) in [6.45, 7) is 6.36. The first-order chi connectivity index (χ1) is 3.55. The predicted molar refractivity (Wildman–Crippen MR) is 31.5 cm³/mol. The van der Waals surface area contributed by atoms with E-state index in [4.69, 9.17) is 5.11 Å². The van der Waals surface area contributed by atoms with Crippen molar-refractivity contribution in [1.29, 1.82) is 0 Å². The molecule has 0 bridgehead atoms. The van der Waals surface area contributed by atoms with E-state index in [9.17, 15) is 4.79 Å². The lowest BCUT2D eigenvalue weighted by atomic mass is 10.1. The van der Waals surface area contributed by atoms with E-state index in [1.54, 1.807) is 6.92 Å². The summed E-state index contributed by atoms with van der Waals surface area (Å²) in [5.41, 5.74) is 0.498. The second-order valence-electron chi connectivity index (χ2n) is 1.86. The summed E-state index contributed by atoms with van der Waals surface area (Å²) >= 11 is 0. The molecule has 0 fully saturated rings. The Bertz CT molecular complexity index is 102. The largest absolute Gasteiger partial charge is 0.381 e. The molecule has 0 rings (SSSR count). The second-order valence-corrected chi connectivity index (χ2v) is 1.86. The van der Waals surface area contributed by atoms with Crippen LogP contribution in [0.15, 0.2) is 12.2 Å². The average Bonchev–Trinajstić information content (AvgIpc) is 1.64. The summed E-state index contributed by atoms with van der Waals surface area (Å²) in [7, 11) is 0. The highest BCUT2D eigenvalue weighted by atomic mass is 16.3. The Balaban J connectivity index is 3.83. The van der Waals surface area contributed by atoms with Gasteiger partial charge in [0.05, 0.1) is 0 Å². The van der Waals surface area contributed by atoms with Gasteiger partial charge in [0.1, 0.15) is 6.10 Å². The molecular weight excluding hydrogens is 104 g/mol. The van der Waals surface area contributed by atoms with Crippen molar-refractivity contribution in [3.63, 3.8) is 0 Å². The molecule has 0 aromatic carbocycles. The monoisotopic (exact) mass is 114 g/mol. The smallest absolute Gasteiger partial charge is 0.162 e. The maximum Gasteiger partial charge on any atom is 0.162 e. The summed E-state index contributed by atoms with van der Waals surface area (Å²) in [6, 6.07) is 0. The number of hydrogen-bond donors (Lipinski definition) is 1. The number of aliphatic hydroxyl groups is 1. The molecule has 46 valence electrons. The number of carbonyl (C=O) groups is 1. The molecular formula is C6H10O2. The maximum atomic E-state index is 10.3. The highest BCUT2D eigenvalue weighted by Gasteiger charge is 2.07. The molecule has 0 spiro atoms. The number of carbonyl (C=O) groups excluding carboxylic acids is 1. The molecule has 0 saturated heterocycles. The third kappa shape index (κ3) is 1.89. The first-order valence-electron chi connectivity index (χ1n) is 2.39. The molecule has 0 saturated carbocycles. The van der Waals surface area contributed by atoms with Crippen LogP contribution in [0.3, 0.4) is 0 Å². The van der Waals surface area contributed by atoms with Crippen LogP contribution in [-0.4, -0.2) is 17.0 Å². The van der Waals surface area contributed by atoms with E-state index in [1.807, 2.05) is 0 Å². The number of aliphatic hydroxyl groups excluding tert-OH is 1. The van der Waals surface area contributed by atoms with Gasteiger partial charge in [-0.1, -0.05) is 6.58 Å². The number of ketones is 1. The van der Waals surface area contributed by atoms with Gasteiger partial charge >= 0.3 is 0 Å². The van der Waals surface area contributed by atoms with E-state index in [2.05, 4.69) is 6.58 Å². The summed E-state index contributed by atoms with van der Waals surface area (Å²) < 4.78 is 0. The Morgan fingerprint density at radius 3 is 2.00 bits per heavy atom. The molecule has 0 aromatic rings. The lowest BCUT2D eigenvalue weighted by Crippen LogP contribution is -2.16. The molecule has 0 aliphatic rings. The molecule has 2 nitrogen and oxygen atoms in total. The minimum atomic E-state index is -0.963. The van der Waals surface area contributed by atoms with Crippen molar-refractivity contribution in [3.8, 4) is 0 Å². The molecule has 0 amide bonds. The summed E-state index contributed by atoms with van der Waals surface area (Å²) in [6.07, 6.45) is -0.963. The van der Waals surface area contributed by atoms with E-state index < -0.39 is 6.10 Å². The van der Waals surface area contributed by atoms with Crippen molar-refractivity contribution in [1.82, 2.24) is 0 Å². The van der Waals surface area contributed by atoms with Crippen LogP contribution in [0.1, 0.15) is 13.8 Å². The van der Waals surface area contributed by atoms with Gasteiger partial charge in [0.15, 0.2) is 5.78 Å². The average molecular weight is 114 g/mol. The Morgan fingerprint density at radius 1 is 1.62 bits per heavy atom. The minimum Gasteiger partial charge on any atom is -0.381 e. The Hall–Kier alpha value is -0.630. The van der Waals surface area contributed by atoms with Gasteiger partial charge < -0.3 is 5.11 Å². The van der Waals surface area contributed by atoms with Gasteiger partial charge in [-0.15, -0.1) is 0 Å². The zero-order chi connectivity index (χ0) is 6.73. The molecule has 2 heteroatoms. The van der Waals surface area contributed by atoms with E-state index >= 15 is 0 Å². The van der Waals surface area contributed by atoms with Crippen LogP contribution >= 0.6 is 0 Å². The van der Waals surface area contributed by atoms with E-state index in [1.165, 1.54) is 6.92 Å². The van der Waals surface area contributed by atoms with Crippen LogP contribution in [0.2, 0.25) is 0 Å². The first-order valence-corrected chi connectivity index (χ1v) is 2.39. The Kier molecular flexibility index (Phi) is 2.42. The molecule has 8 heavy (non-hydrogen) atoms. The third-order valence-electron chi connectivity index (χ3n) is 0.852. The van der Waals surface area contributed by atoms with Crippen molar-refractivity contribution in [2.75, 3.05) is 0 Å². The first kappa shape index (κ1) is 7.37. The van der Waals surface area contributed by atoms with Crippen molar-refractivity contribution < 1.29 is 9.90 Å². The van der Waals surface area contributed by atoms with Crippen LogP contribution in [0, 0.1) is 0 Å². The predicted octanol–water partition coefficient (Wildman–Crippen LogP) is 0.512. The van der Waals surface area contributed by atoms with Gasteiger partial charge in [0, 0.05) is 0 Å². The summed E-state index contributed by atoms with van der Waals surface area (Å²) in [5, 5.41) is 8.75. The van der Waals surface area contributed by atoms with E-state index in [-0.39, 0.29) is 5.78 Å². The van der Waals surface area contributed by atoms with Crippen LogP contribution < -0.4 is 0 Å². The van der Waals surface area contributed by atoms with Gasteiger partial charge in [0.25, 0.3) is 0 Å². The zero-order valence-corrected chi connectivity index (χ0v) is 5.14. The topological polar surface area (TPSA) is 37.3 Å². The standard InChI is InChI=1S/C6H10O2/c1-4(2)6(8)5(3)7/h6,8H,1H2,2-3H3/t6-/m0/s1. The summed E-state index contributed by atoms with van der Waals surface area (Å²) in [4.78, 5) is 10.3. The van der Waals surface area contributed by atoms with E-state index in [0.717, 1.165) is 0 Å². The molecule has 0 aliphatic carbocycles. The molecule has 0 heterocycles. The highest BCUT2D eigenvalue weighted by molar-refractivity contribution is 5.82. The Morgan fingerprint density at radius 2 is 2.00 bits per heavy atom. The highest BCUT2D eigenvalue weighted by Crippen LogP contribution is 1.96. The molecule has 0 radical (unpaired) electrons. The van der Waals surface area contributed by atoms with Crippen LogP contribution in [-0.2, 0) is 4.79 Å². The van der Waals surface area contributed by atoms with Crippen LogP contribution in [0.25, 0.3) is 0 Å². The van der Waals surface area contributed by atoms with Crippen molar-refractivity contribution >= 4 is 5.78 Å². The third-order valence-corrected chi connectivity index (χ3v) is 0.852. The molecule has 1 N–H and O–H groups in total. The van der Waals surface area contributed by atoms with Gasteiger partial charge in [-0.3, -0.25) is 4.79 Å². The fourth-order valence-electron chi connectivity index (χ4n) is 0.347. The fourth-order valence-corrected chi connectivity index (χ4v) is 0.347. The number of Topliss-reactive ketones (excluding diaryl/α,β-unsaturated/α-hetero) is 1. The van der Waals surface area contributed by atoms with Gasteiger partial charge in [0.2, 0.25) is 0 Å². The van der Waals surface area contributed by atoms with Gasteiger partial charge in [-0.2, -0.15) is 0 Å². The SMILES string of the molecule is C=C(C)[C@H](O)C(C)=O. The van der Waals surface area contributed by atoms with Crippen LogP contribution in [0.4, 0.5) is 0 Å². The zero-order valence-electron chi connectivity index (χ0n) is 5.14. The van der Waals surface area contributed by atoms with Gasteiger partial charge in [-0.05, 0) is 19.4 Å². The van der Waals surface area contributed by atoms with Crippen molar-refractivity contribution in [2.24, 2.45) is 0 Å². The second kappa shape index (κ2) is 2.62. The lowest BCUT2D eigenvalue weighted by Gasteiger charge is -2.02. The Labute approximate surface area is 48.8 Å². The van der Waals surface area contributed by atoms with Gasteiger partial charge in [-0.25, -0.2) is 0 Å². The van der Waals surface area contributed by atoms with Crippen LogP contribution in [0.5, 0.6) is 0 Å². The molecule has 1 atom stereocenters. The maximum absolute atomic E-state index is 10.3. The van der Waals surface area contributed by atoms with Crippen molar-refractivity contribution in [3.05, 3.63) is 12.2 Å². The number of rotatable bonds is 2. The molecule has 0 aromatic heterocycles. The quantitative estimate of drug-likeness (QED) is 0.531. The van der Waals surface area contributed by atoms with E-state index in [0.29, 0.717) is 5.57 Å².